The van der Waals surface area contributed by atoms with Crippen molar-refractivity contribution in [3.8, 4) is 11.5 Å². The SMILES string of the molecule is C=CCc1cc(C=Nn2cc(C)nc2N)c(O)c(OC)c1. The van der Waals surface area contributed by atoms with Crippen LogP contribution in [0.1, 0.15) is 16.8 Å². The van der Waals surface area contributed by atoms with E-state index in [2.05, 4.69) is 16.7 Å². The summed E-state index contributed by atoms with van der Waals surface area (Å²) in [7, 11) is 1.50. The molecular weight excluding hydrogens is 268 g/mol. The van der Waals surface area contributed by atoms with E-state index in [9.17, 15) is 5.11 Å². The highest BCUT2D eigenvalue weighted by Crippen LogP contribution is 2.30. The lowest BCUT2D eigenvalue weighted by Gasteiger charge is -2.08. The number of rotatable bonds is 5. The van der Waals surface area contributed by atoms with Gasteiger partial charge in [-0.15, -0.1) is 6.58 Å². The minimum Gasteiger partial charge on any atom is -0.504 e. The number of imidazole rings is 1. The zero-order chi connectivity index (χ0) is 15.4. The summed E-state index contributed by atoms with van der Waals surface area (Å²) in [5.74, 6) is 0.715. The van der Waals surface area contributed by atoms with Crippen LogP contribution in [0.5, 0.6) is 11.5 Å². The van der Waals surface area contributed by atoms with Crippen molar-refractivity contribution in [3.63, 3.8) is 0 Å². The van der Waals surface area contributed by atoms with Crippen LogP contribution >= 0.6 is 0 Å². The highest BCUT2D eigenvalue weighted by atomic mass is 16.5. The van der Waals surface area contributed by atoms with E-state index in [1.807, 2.05) is 13.0 Å². The number of hydrogen-bond acceptors (Lipinski definition) is 5. The van der Waals surface area contributed by atoms with Gasteiger partial charge in [-0.2, -0.15) is 5.10 Å². The maximum atomic E-state index is 10.1. The Bertz CT molecular complexity index is 689. The van der Waals surface area contributed by atoms with Crippen LogP contribution in [0.4, 0.5) is 5.95 Å². The van der Waals surface area contributed by atoms with Gasteiger partial charge in [-0.05, 0) is 31.0 Å². The summed E-state index contributed by atoms with van der Waals surface area (Å²) in [5.41, 5.74) is 7.99. The van der Waals surface area contributed by atoms with E-state index in [1.165, 1.54) is 18.0 Å². The van der Waals surface area contributed by atoms with Gasteiger partial charge in [-0.3, -0.25) is 0 Å². The number of nitrogens with two attached hydrogens (primary N) is 1. The number of allylic oxidation sites excluding steroid dienone is 1. The van der Waals surface area contributed by atoms with Gasteiger partial charge in [0, 0.05) is 5.56 Å². The summed E-state index contributed by atoms with van der Waals surface area (Å²) >= 11 is 0. The molecule has 0 aliphatic carbocycles. The number of phenolic OH excluding ortho intramolecular Hbond substituents is 1. The standard InChI is InChI=1S/C15H18N4O2/c1-4-5-11-6-12(14(20)13(7-11)21-3)8-17-19-9-10(2)18-15(19)16/h4,6-9,20H,1,5H2,2-3H3,(H2,16,18). The van der Waals surface area contributed by atoms with Crippen LogP contribution in [0.3, 0.4) is 0 Å². The van der Waals surface area contributed by atoms with Crippen molar-refractivity contribution in [3.05, 3.63) is 47.8 Å². The molecule has 6 heteroatoms. The first-order valence-corrected chi connectivity index (χ1v) is 6.41. The van der Waals surface area contributed by atoms with Crippen LogP contribution in [0.15, 0.2) is 36.1 Å². The Labute approximate surface area is 123 Å². The zero-order valence-electron chi connectivity index (χ0n) is 12.1. The molecule has 0 atom stereocenters. The van der Waals surface area contributed by atoms with Crippen LogP contribution < -0.4 is 10.5 Å². The normalized spacial score (nSPS) is 11.0. The van der Waals surface area contributed by atoms with Gasteiger partial charge in [0.1, 0.15) is 0 Å². The summed E-state index contributed by atoms with van der Waals surface area (Å²) in [5, 5.41) is 14.3. The number of nitrogens with zero attached hydrogens (tertiary/aromatic N) is 3. The molecule has 3 N–H and O–H groups in total. The molecule has 0 radical (unpaired) electrons. The molecule has 1 heterocycles. The van der Waals surface area contributed by atoms with Crippen molar-refractivity contribution in [2.75, 3.05) is 12.8 Å². The lowest BCUT2D eigenvalue weighted by atomic mass is 10.1. The minimum absolute atomic E-state index is 0.0319. The Morgan fingerprint density at radius 1 is 1.52 bits per heavy atom. The quantitative estimate of drug-likeness (QED) is 0.651. The largest absolute Gasteiger partial charge is 0.504 e. The summed E-state index contributed by atoms with van der Waals surface area (Å²) in [6.07, 6.45) is 5.67. The molecule has 0 unspecified atom stereocenters. The van der Waals surface area contributed by atoms with Gasteiger partial charge in [-0.25, -0.2) is 9.66 Å². The number of ether oxygens (including phenoxy) is 1. The van der Waals surface area contributed by atoms with Crippen LogP contribution in [0, 0.1) is 6.92 Å². The molecule has 1 aromatic heterocycles. The number of aromatic nitrogens is 2. The molecule has 0 aliphatic rings. The van der Waals surface area contributed by atoms with E-state index in [4.69, 9.17) is 10.5 Å². The topological polar surface area (TPSA) is 85.7 Å². The minimum atomic E-state index is 0.0319. The van der Waals surface area contributed by atoms with Gasteiger partial charge in [-0.1, -0.05) is 6.08 Å². The average molecular weight is 286 g/mol. The van der Waals surface area contributed by atoms with Gasteiger partial charge in [0.15, 0.2) is 11.5 Å². The fourth-order valence-electron chi connectivity index (χ4n) is 1.95. The monoisotopic (exact) mass is 286 g/mol. The van der Waals surface area contributed by atoms with Gasteiger partial charge < -0.3 is 15.6 Å². The van der Waals surface area contributed by atoms with Crippen LogP contribution in [-0.4, -0.2) is 28.1 Å². The number of nitrogen functional groups attached to an aromatic ring is 1. The van der Waals surface area contributed by atoms with Crippen LogP contribution in [-0.2, 0) is 6.42 Å². The van der Waals surface area contributed by atoms with Gasteiger partial charge in [0.2, 0.25) is 5.95 Å². The fourth-order valence-corrected chi connectivity index (χ4v) is 1.95. The Kier molecular flexibility index (Phi) is 4.27. The molecule has 1 aromatic carbocycles. The summed E-state index contributed by atoms with van der Waals surface area (Å²) in [6, 6.07) is 3.59. The van der Waals surface area contributed by atoms with Gasteiger partial charge in [0.05, 0.1) is 25.2 Å². The molecule has 0 saturated heterocycles. The third-order valence-corrected chi connectivity index (χ3v) is 2.92. The third-order valence-electron chi connectivity index (χ3n) is 2.92. The van der Waals surface area contributed by atoms with Crippen LogP contribution in [0.2, 0.25) is 0 Å². The van der Waals surface area contributed by atoms with E-state index in [0.717, 1.165) is 11.3 Å². The number of methoxy groups -OCH3 is 1. The Hall–Kier alpha value is -2.76. The predicted octanol–water partition coefficient (Wildman–Crippen LogP) is 2.10. The second-order valence-electron chi connectivity index (χ2n) is 4.56. The van der Waals surface area contributed by atoms with E-state index in [1.54, 1.807) is 18.3 Å². The molecule has 0 aliphatic heterocycles. The first-order chi connectivity index (χ1) is 10.0. The Morgan fingerprint density at radius 2 is 2.29 bits per heavy atom. The van der Waals surface area contributed by atoms with E-state index < -0.39 is 0 Å². The second-order valence-corrected chi connectivity index (χ2v) is 4.56. The molecule has 21 heavy (non-hydrogen) atoms. The van der Waals surface area contributed by atoms with Crippen molar-refractivity contribution in [1.82, 2.24) is 9.66 Å². The Balaban J connectivity index is 2.40. The number of anilines is 1. The van der Waals surface area contributed by atoms with Gasteiger partial charge in [0.25, 0.3) is 0 Å². The summed E-state index contributed by atoms with van der Waals surface area (Å²) in [4.78, 5) is 4.05. The molecule has 110 valence electrons. The number of hydrogen-bond donors (Lipinski definition) is 2. The molecule has 2 rings (SSSR count). The van der Waals surface area contributed by atoms with E-state index in [-0.39, 0.29) is 11.7 Å². The molecule has 0 spiro atoms. The van der Waals surface area contributed by atoms with Crippen molar-refractivity contribution in [2.45, 2.75) is 13.3 Å². The van der Waals surface area contributed by atoms with Crippen molar-refractivity contribution >= 4 is 12.2 Å². The number of aryl methyl sites for hydroxylation is 1. The number of benzene rings is 1. The first kappa shape index (κ1) is 14.6. The number of aromatic hydroxyl groups is 1. The van der Waals surface area contributed by atoms with E-state index >= 15 is 0 Å². The van der Waals surface area contributed by atoms with Crippen molar-refractivity contribution < 1.29 is 9.84 Å². The first-order valence-electron chi connectivity index (χ1n) is 6.41. The maximum absolute atomic E-state index is 10.1. The van der Waals surface area contributed by atoms with Gasteiger partial charge >= 0.3 is 0 Å². The molecule has 0 fully saturated rings. The number of phenols is 1. The summed E-state index contributed by atoms with van der Waals surface area (Å²) < 4.78 is 6.61. The Morgan fingerprint density at radius 3 is 2.86 bits per heavy atom. The fraction of sp³-hybridized carbons (Fsp3) is 0.200. The van der Waals surface area contributed by atoms with E-state index in [0.29, 0.717) is 17.7 Å². The third kappa shape index (κ3) is 3.22. The second kappa shape index (κ2) is 6.13. The molecule has 0 saturated carbocycles. The highest BCUT2D eigenvalue weighted by molar-refractivity contribution is 5.85. The molecule has 2 aromatic rings. The lowest BCUT2D eigenvalue weighted by Crippen LogP contribution is -1.98. The lowest BCUT2D eigenvalue weighted by molar-refractivity contribution is 0.372. The highest BCUT2D eigenvalue weighted by Gasteiger charge is 2.09. The van der Waals surface area contributed by atoms with Crippen LogP contribution in [0.25, 0.3) is 0 Å². The molecule has 6 nitrogen and oxygen atoms in total. The maximum Gasteiger partial charge on any atom is 0.221 e. The summed E-state index contributed by atoms with van der Waals surface area (Å²) in [6.45, 7) is 5.53. The zero-order valence-corrected chi connectivity index (χ0v) is 12.1. The smallest absolute Gasteiger partial charge is 0.221 e. The molecule has 0 bridgehead atoms. The van der Waals surface area contributed by atoms with Crippen molar-refractivity contribution in [2.24, 2.45) is 5.10 Å². The average Bonchev–Trinajstić information content (AvgIpc) is 2.77. The molecule has 0 amide bonds. The van der Waals surface area contributed by atoms with Crippen molar-refractivity contribution in [1.29, 1.82) is 0 Å². The predicted molar refractivity (Wildman–Crippen MR) is 82.9 cm³/mol. The molecular formula is C15H18N4O2.